The van der Waals surface area contributed by atoms with Crippen LogP contribution in [0.15, 0.2) is 48.5 Å². The second-order valence-corrected chi connectivity index (χ2v) is 7.14. The van der Waals surface area contributed by atoms with Gasteiger partial charge in [-0.2, -0.15) is 0 Å². The quantitative estimate of drug-likeness (QED) is 0.726. The largest absolute Gasteiger partial charge is 0.383 e. The number of anilines is 2. The number of hydrogen-bond acceptors (Lipinski definition) is 4. The van der Waals surface area contributed by atoms with Gasteiger partial charge in [0.05, 0.1) is 5.52 Å². The van der Waals surface area contributed by atoms with Gasteiger partial charge in [0, 0.05) is 48.3 Å². The molecular weight excluding hydrogens is 344 g/mol. The van der Waals surface area contributed by atoms with Crippen molar-refractivity contribution in [3.8, 4) is 0 Å². The van der Waals surface area contributed by atoms with Crippen LogP contribution in [0.2, 0.25) is 5.02 Å². The van der Waals surface area contributed by atoms with E-state index in [1.165, 1.54) is 11.1 Å². The molecule has 1 aliphatic heterocycles. The minimum Gasteiger partial charge on any atom is -0.383 e. The molecule has 0 unspecified atom stereocenters. The van der Waals surface area contributed by atoms with Crippen LogP contribution >= 0.6 is 11.6 Å². The molecule has 1 aromatic heterocycles. The van der Waals surface area contributed by atoms with Gasteiger partial charge in [0.15, 0.2) is 0 Å². The van der Waals surface area contributed by atoms with Crippen molar-refractivity contribution in [3.05, 3.63) is 64.7 Å². The predicted octanol–water partition coefficient (Wildman–Crippen LogP) is 4.21. The third kappa shape index (κ3) is 3.48. The first-order chi connectivity index (χ1) is 12.7. The van der Waals surface area contributed by atoms with Crippen molar-refractivity contribution in [1.82, 2.24) is 4.98 Å². The van der Waals surface area contributed by atoms with Crippen LogP contribution in [0.1, 0.15) is 17.5 Å². The standard InChI is InChI=1S/C21H23ClN4/c22-17-7-8-18-19(24-10-9-23)13-21(25-20(18)12-17)26-11-3-6-15-4-1-2-5-16(15)14-26/h1-2,4-5,7-8,12-13H,3,6,9-11,14,23H2,(H,24,25). The maximum atomic E-state index is 6.21. The van der Waals surface area contributed by atoms with Crippen LogP contribution < -0.4 is 16.0 Å². The van der Waals surface area contributed by atoms with Crippen molar-refractivity contribution >= 4 is 34.0 Å². The summed E-state index contributed by atoms with van der Waals surface area (Å²) < 4.78 is 0. The number of nitrogens with one attached hydrogen (secondary N) is 1. The molecular formula is C21H23ClN4. The summed E-state index contributed by atoms with van der Waals surface area (Å²) in [6.45, 7) is 3.18. The highest BCUT2D eigenvalue weighted by molar-refractivity contribution is 6.31. The molecule has 134 valence electrons. The Hall–Kier alpha value is -2.30. The third-order valence-corrected chi connectivity index (χ3v) is 5.13. The zero-order valence-corrected chi connectivity index (χ0v) is 15.5. The van der Waals surface area contributed by atoms with Gasteiger partial charge < -0.3 is 16.0 Å². The minimum atomic E-state index is 0.587. The molecule has 0 amide bonds. The summed E-state index contributed by atoms with van der Waals surface area (Å²) >= 11 is 6.21. The smallest absolute Gasteiger partial charge is 0.131 e. The number of fused-ring (bicyclic) bond motifs is 2. The maximum absolute atomic E-state index is 6.21. The van der Waals surface area contributed by atoms with Crippen molar-refractivity contribution < 1.29 is 0 Å². The molecule has 0 saturated heterocycles. The molecule has 4 nitrogen and oxygen atoms in total. The molecule has 5 heteroatoms. The first kappa shape index (κ1) is 17.1. The van der Waals surface area contributed by atoms with Crippen molar-refractivity contribution in [1.29, 1.82) is 0 Å². The predicted molar refractivity (Wildman–Crippen MR) is 110 cm³/mol. The highest BCUT2D eigenvalue weighted by atomic mass is 35.5. The monoisotopic (exact) mass is 366 g/mol. The molecule has 0 spiro atoms. The lowest BCUT2D eigenvalue weighted by atomic mass is 10.0. The Morgan fingerprint density at radius 2 is 1.96 bits per heavy atom. The lowest BCUT2D eigenvalue weighted by molar-refractivity contribution is 0.756. The molecule has 2 heterocycles. The number of halogens is 1. The summed E-state index contributed by atoms with van der Waals surface area (Å²) in [5.41, 5.74) is 10.5. The number of benzene rings is 2. The molecule has 26 heavy (non-hydrogen) atoms. The van der Waals surface area contributed by atoms with E-state index in [-0.39, 0.29) is 0 Å². The van der Waals surface area contributed by atoms with E-state index in [0.717, 1.165) is 54.9 Å². The lowest BCUT2D eigenvalue weighted by Crippen LogP contribution is -2.24. The molecule has 3 aromatic rings. The summed E-state index contributed by atoms with van der Waals surface area (Å²) in [7, 11) is 0. The molecule has 0 fully saturated rings. The van der Waals surface area contributed by atoms with Gasteiger partial charge in [-0.05, 0) is 42.2 Å². The van der Waals surface area contributed by atoms with Crippen LogP contribution in [0.5, 0.6) is 0 Å². The first-order valence-electron chi connectivity index (χ1n) is 9.10. The van der Waals surface area contributed by atoms with Crippen LogP contribution in [0.3, 0.4) is 0 Å². The Bertz CT molecular complexity index is 925. The highest BCUT2D eigenvalue weighted by Gasteiger charge is 2.17. The number of nitrogens with two attached hydrogens (primary N) is 1. The van der Waals surface area contributed by atoms with Crippen LogP contribution in [-0.2, 0) is 13.0 Å². The van der Waals surface area contributed by atoms with E-state index < -0.39 is 0 Å². The molecule has 2 aromatic carbocycles. The van der Waals surface area contributed by atoms with Crippen LogP contribution in [-0.4, -0.2) is 24.6 Å². The zero-order chi connectivity index (χ0) is 17.9. The molecule has 0 aliphatic carbocycles. The van der Waals surface area contributed by atoms with Gasteiger partial charge in [-0.1, -0.05) is 35.9 Å². The highest BCUT2D eigenvalue weighted by Crippen LogP contribution is 2.31. The summed E-state index contributed by atoms with van der Waals surface area (Å²) in [5.74, 6) is 0.982. The summed E-state index contributed by atoms with van der Waals surface area (Å²) in [5, 5.41) is 5.21. The fourth-order valence-electron chi connectivity index (χ4n) is 3.60. The van der Waals surface area contributed by atoms with E-state index in [1.54, 1.807) is 0 Å². The Morgan fingerprint density at radius 3 is 2.81 bits per heavy atom. The maximum Gasteiger partial charge on any atom is 0.131 e. The van der Waals surface area contributed by atoms with Gasteiger partial charge in [-0.3, -0.25) is 0 Å². The van der Waals surface area contributed by atoms with Gasteiger partial charge in [-0.25, -0.2) is 4.98 Å². The number of aromatic nitrogens is 1. The average Bonchev–Trinajstić information content (AvgIpc) is 2.88. The fraction of sp³-hybridized carbons (Fsp3) is 0.286. The van der Waals surface area contributed by atoms with Crippen LogP contribution in [0, 0.1) is 0 Å². The third-order valence-electron chi connectivity index (χ3n) is 4.90. The van der Waals surface area contributed by atoms with Gasteiger partial charge in [0.1, 0.15) is 5.82 Å². The number of aryl methyl sites for hydroxylation is 1. The number of rotatable bonds is 4. The minimum absolute atomic E-state index is 0.587. The average molecular weight is 367 g/mol. The van der Waals surface area contributed by atoms with Crippen LogP contribution in [0.4, 0.5) is 11.5 Å². The molecule has 4 rings (SSSR count). The molecule has 0 saturated carbocycles. The normalized spacial score (nSPS) is 14.2. The van der Waals surface area contributed by atoms with Gasteiger partial charge in [-0.15, -0.1) is 0 Å². The molecule has 0 atom stereocenters. The molecule has 3 N–H and O–H groups in total. The summed E-state index contributed by atoms with van der Waals surface area (Å²) in [6, 6.07) is 16.7. The first-order valence-corrected chi connectivity index (χ1v) is 9.48. The van der Waals surface area contributed by atoms with Gasteiger partial charge >= 0.3 is 0 Å². The van der Waals surface area contributed by atoms with E-state index >= 15 is 0 Å². The van der Waals surface area contributed by atoms with E-state index in [9.17, 15) is 0 Å². The summed E-state index contributed by atoms with van der Waals surface area (Å²) in [6.07, 6.45) is 2.24. The van der Waals surface area contributed by atoms with Gasteiger partial charge in [0.25, 0.3) is 0 Å². The van der Waals surface area contributed by atoms with Crippen molar-refractivity contribution in [3.63, 3.8) is 0 Å². The van der Waals surface area contributed by atoms with E-state index in [0.29, 0.717) is 11.6 Å². The SMILES string of the molecule is NCCNc1cc(N2CCCc3ccccc3C2)nc2cc(Cl)ccc12. The topological polar surface area (TPSA) is 54.2 Å². The second kappa shape index (κ2) is 7.52. The molecule has 0 radical (unpaired) electrons. The van der Waals surface area contributed by atoms with Crippen LogP contribution in [0.25, 0.3) is 10.9 Å². The number of hydrogen-bond donors (Lipinski definition) is 2. The van der Waals surface area contributed by atoms with E-state index in [4.69, 9.17) is 22.3 Å². The van der Waals surface area contributed by atoms with Crippen molar-refractivity contribution in [2.75, 3.05) is 29.9 Å². The lowest BCUT2D eigenvalue weighted by Gasteiger charge is -2.24. The Morgan fingerprint density at radius 1 is 1.12 bits per heavy atom. The van der Waals surface area contributed by atoms with E-state index in [1.807, 2.05) is 18.2 Å². The second-order valence-electron chi connectivity index (χ2n) is 6.70. The fourth-order valence-corrected chi connectivity index (χ4v) is 3.77. The van der Waals surface area contributed by atoms with Crippen molar-refractivity contribution in [2.24, 2.45) is 5.73 Å². The molecule has 1 aliphatic rings. The summed E-state index contributed by atoms with van der Waals surface area (Å²) in [4.78, 5) is 7.27. The number of nitrogens with zero attached hydrogens (tertiary/aromatic N) is 2. The Labute approximate surface area is 159 Å². The Kier molecular flexibility index (Phi) is 4.96. The molecule has 0 bridgehead atoms. The van der Waals surface area contributed by atoms with E-state index in [2.05, 4.69) is 40.5 Å². The Balaban J connectivity index is 1.75. The zero-order valence-electron chi connectivity index (χ0n) is 14.7. The van der Waals surface area contributed by atoms with Gasteiger partial charge in [0.2, 0.25) is 0 Å². The van der Waals surface area contributed by atoms with Crippen molar-refractivity contribution in [2.45, 2.75) is 19.4 Å². The number of pyridine rings is 1.